The maximum Gasteiger partial charge on any atom is 0.326 e. The molecule has 0 aromatic carbocycles. The molecule has 10 atom stereocenters. The van der Waals surface area contributed by atoms with E-state index in [2.05, 4.69) is 31.9 Å². The van der Waals surface area contributed by atoms with Crippen molar-refractivity contribution in [2.24, 2.45) is 17.6 Å². The molecule has 0 aromatic heterocycles. The molecular weight excluding hydrogens is 762 g/mol. The van der Waals surface area contributed by atoms with Gasteiger partial charge >= 0.3 is 5.97 Å². The first-order valence-corrected chi connectivity index (χ1v) is 19.7. The topological polar surface area (TPSA) is 319 Å². The zero-order valence-electron chi connectivity index (χ0n) is 34.6. The van der Waals surface area contributed by atoms with Crippen molar-refractivity contribution in [3.05, 3.63) is 0 Å². The van der Waals surface area contributed by atoms with E-state index in [4.69, 9.17) is 5.73 Å². The molecule has 0 bridgehead atoms. The summed E-state index contributed by atoms with van der Waals surface area (Å²) in [7, 11) is 0. The molecule has 0 saturated carbocycles. The van der Waals surface area contributed by atoms with Crippen LogP contribution in [0.1, 0.15) is 87.5 Å². The molecule has 21 heteroatoms. The lowest BCUT2D eigenvalue weighted by atomic mass is 10.0. The van der Waals surface area contributed by atoms with E-state index in [-0.39, 0.29) is 31.8 Å². The Balaban J connectivity index is 2.07. The number of hydrogen-bond acceptors (Lipinski definition) is 12. The van der Waals surface area contributed by atoms with E-state index in [9.17, 15) is 58.5 Å². The Kier molecular flexibility index (Phi) is 18.9. The minimum absolute atomic E-state index is 0.0153. The zero-order valence-corrected chi connectivity index (χ0v) is 34.6. The standard InChI is InChI=1S/C37H63N9O12/c1-17(2)15-23(41-29(49)19(5)38)31(51)39-20(6)30(50)42-24(16-47)32(52)44-28(22(8)48)34(54)40-21(7)35(55)46-14-10-12-26(46)36(56)45-13-9-11-25(45)33(53)43-27(18(3)4)37(57)58/h17-28,47-48H,9-16,38H2,1-8H3,(H,39,51)(H,40,54)(H,41,49)(H,42,50)(H,43,53)(H,44,52)(H,57,58)/t19-,20-,21-,22+,23-,24-,25-,26-,27-,28-/m0/s1. The van der Waals surface area contributed by atoms with Crippen LogP contribution in [-0.4, -0.2) is 159 Å². The number of aliphatic carboxylic acids is 1. The number of carboxylic acids is 1. The third-order valence-electron chi connectivity index (χ3n) is 10.0. The number of carbonyl (C=O) groups is 9. The largest absolute Gasteiger partial charge is 0.480 e. The fourth-order valence-electron chi connectivity index (χ4n) is 6.69. The molecular formula is C37H63N9O12. The van der Waals surface area contributed by atoms with E-state index in [1.54, 1.807) is 13.8 Å². The Morgan fingerprint density at radius 1 is 0.638 bits per heavy atom. The van der Waals surface area contributed by atoms with E-state index in [1.807, 2.05) is 13.8 Å². The number of nitrogens with zero attached hydrogens (tertiary/aromatic N) is 2. The highest BCUT2D eigenvalue weighted by Crippen LogP contribution is 2.26. The summed E-state index contributed by atoms with van der Waals surface area (Å²) >= 11 is 0. The second-order valence-corrected chi connectivity index (χ2v) is 15.9. The van der Waals surface area contributed by atoms with Gasteiger partial charge in [0, 0.05) is 13.1 Å². The van der Waals surface area contributed by atoms with Crippen molar-refractivity contribution < 1.29 is 58.5 Å². The summed E-state index contributed by atoms with van der Waals surface area (Å²) in [5.41, 5.74) is 5.60. The van der Waals surface area contributed by atoms with E-state index in [0.717, 1.165) is 0 Å². The first-order valence-electron chi connectivity index (χ1n) is 19.7. The average molecular weight is 826 g/mol. The van der Waals surface area contributed by atoms with Crippen LogP contribution < -0.4 is 37.6 Å². The maximum atomic E-state index is 13.8. The molecule has 0 aromatic rings. The normalized spacial score (nSPS) is 20.8. The minimum atomic E-state index is -1.67. The molecule has 0 unspecified atom stereocenters. The van der Waals surface area contributed by atoms with Gasteiger partial charge in [-0.3, -0.25) is 38.4 Å². The van der Waals surface area contributed by atoms with Crippen LogP contribution in [0.3, 0.4) is 0 Å². The molecule has 2 saturated heterocycles. The predicted octanol–water partition coefficient (Wildman–Crippen LogP) is -3.58. The van der Waals surface area contributed by atoms with Crippen molar-refractivity contribution in [1.82, 2.24) is 41.7 Å². The van der Waals surface area contributed by atoms with Gasteiger partial charge in [-0.2, -0.15) is 0 Å². The molecule has 21 nitrogen and oxygen atoms in total. The zero-order chi connectivity index (χ0) is 44.2. The molecule has 58 heavy (non-hydrogen) atoms. The third kappa shape index (κ3) is 13.6. The van der Waals surface area contributed by atoms with Crippen LogP contribution in [0.25, 0.3) is 0 Å². The van der Waals surface area contributed by atoms with Gasteiger partial charge in [0.15, 0.2) is 0 Å². The van der Waals surface area contributed by atoms with Gasteiger partial charge < -0.3 is 62.8 Å². The number of carbonyl (C=O) groups excluding carboxylic acids is 8. The SMILES string of the molecule is CC(C)C[C@H](NC(=O)[C@H](C)N)C(=O)N[C@@H](C)C(=O)N[C@@H](CO)C(=O)N[C@H](C(=O)N[C@@H](C)C(=O)N1CCC[C@H]1C(=O)N1CCC[C@H]1C(=O)N[C@H](C(=O)O)C(C)C)[C@@H](C)O. The number of aliphatic hydroxyl groups is 2. The predicted molar refractivity (Wildman–Crippen MR) is 207 cm³/mol. The summed E-state index contributed by atoms with van der Waals surface area (Å²) in [6.45, 7) is 11.7. The lowest BCUT2D eigenvalue weighted by Gasteiger charge is -2.33. The van der Waals surface area contributed by atoms with E-state index in [1.165, 1.54) is 37.5 Å². The number of likely N-dealkylation sites (tertiary alicyclic amines) is 2. The molecule has 2 aliphatic rings. The molecule has 0 radical (unpaired) electrons. The highest BCUT2D eigenvalue weighted by Gasteiger charge is 2.44. The Morgan fingerprint density at radius 2 is 1.17 bits per heavy atom. The van der Waals surface area contributed by atoms with Crippen LogP contribution in [-0.2, 0) is 43.2 Å². The van der Waals surface area contributed by atoms with Gasteiger partial charge in [0.05, 0.1) is 18.8 Å². The quantitative estimate of drug-likeness (QED) is 0.0569. The maximum absolute atomic E-state index is 13.8. The third-order valence-corrected chi connectivity index (χ3v) is 10.0. The highest BCUT2D eigenvalue weighted by atomic mass is 16.4. The number of aliphatic hydroxyl groups excluding tert-OH is 2. The first kappa shape index (κ1) is 49.3. The Morgan fingerprint density at radius 3 is 1.69 bits per heavy atom. The molecule has 0 aliphatic carbocycles. The van der Waals surface area contributed by atoms with Crippen molar-refractivity contribution in [2.45, 2.75) is 148 Å². The van der Waals surface area contributed by atoms with Gasteiger partial charge in [-0.05, 0) is 71.6 Å². The molecule has 2 rings (SSSR count). The summed E-state index contributed by atoms with van der Waals surface area (Å²) < 4.78 is 0. The summed E-state index contributed by atoms with van der Waals surface area (Å²) in [4.78, 5) is 119. The lowest BCUT2D eigenvalue weighted by molar-refractivity contribution is -0.149. The van der Waals surface area contributed by atoms with Crippen LogP contribution in [0.4, 0.5) is 0 Å². The molecule has 8 amide bonds. The fourth-order valence-corrected chi connectivity index (χ4v) is 6.69. The van der Waals surface area contributed by atoms with Gasteiger partial charge in [-0.15, -0.1) is 0 Å². The number of hydrogen-bond donors (Lipinski definition) is 10. The second kappa shape index (κ2) is 22.3. The monoisotopic (exact) mass is 825 g/mol. The number of nitrogens with one attached hydrogen (secondary N) is 6. The lowest BCUT2D eigenvalue weighted by Crippen LogP contribution is -2.62. The van der Waals surface area contributed by atoms with Gasteiger partial charge in [0.2, 0.25) is 47.3 Å². The molecule has 328 valence electrons. The Hall–Kier alpha value is -4.89. The van der Waals surface area contributed by atoms with Crippen LogP contribution >= 0.6 is 0 Å². The van der Waals surface area contributed by atoms with Crippen molar-refractivity contribution in [1.29, 1.82) is 0 Å². The van der Waals surface area contributed by atoms with Crippen molar-refractivity contribution >= 4 is 53.2 Å². The van der Waals surface area contributed by atoms with Gasteiger partial charge in [0.1, 0.15) is 48.3 Å². The van der Waals surface area contributed by atoms with E-state index in [0.29, 0.717) is 19.3 Å². The van der Waals surface area contributed by atoms with E-state index < -0.39 is 126 Å². The number of nitrogens with two attached hydrogens (primary N) is 1. The van der Waals surface area contributed by atoms with Crippen LogP contribution in [0.2, 0.25) is 0 Å². The highest BCUT2D eigenvalue weighted by molar-refractivity contribution is 5.98. The van der Waals surface area contributed by atoms with Crippen LogP contribution in [0.15, 0.2) is 0 Å². The minimum Gasteiger partial charge on any atom is -0.480 e. The fraction of sp³-hybridized carbons (Fsp3) is 0.757. The summed E-state index contributed by atoms with van der Waals surface area (Å²) in [5, 5.41) is 44.4. The molecule has 2 heterocycles. The Bertz CT molecular complexity index is 1520. The van der Waals surface area contributed by atoms with Crippen molar-refractivity contribution in [2.75, 3.05) is 19.7 Å². The number of carboxylic acid groups (broad SMARTS) is 1. The van der Waals surface area contributed by atoms with Crippen LogP contribution in [0, 0.1) is 11.8 Å². The van der Waals surface area contributed by atoms with Crippen molar-refractivity contribution in [3.8, 4) is 0 Å². The second-order valence-electron chi connectivity index (χ2n) is 15.9. The smallest absolute Gasteiger partial charge is 0.326 e. The molecule has 11 N–H and O–H groups in total. The van der Waals surface area contributed by atoms with Gasteiger partial charge in [-0.1, -0.05) is 27.7 Å². The number of amides is 8. The Labute approximate surface area is 338 Å². The van der Waals surface area contributed by atoms with Gasteiger partial charge in [-0.25, -0.2) is 4.79 Å². The molecule has 2 aliphatic heterocycles. The average Bonchev–Trinajstić information content (AvgIpc) is 3.84. The van der Waals surface area contributed by atoms with Crippen molar-refractivity contribution in [3.63, 3.8) is 0 Å². The molecule has 0 spiro atoms. The first-order chi connectivity index (χ1) is 27.0. The number of rotatable bonds is 20. The summed E-state index contributed by atoms with van der Waals surface area (Å²) in [6.07, 6.45) is 0.249. The summed E-state index contributed by atoms with van der Waals surface area (Å²) in [5.74, 6) is -7.57. The van der Waals surface area contributed by atoms with E-state index >= 15 is 0 Å². The van der Waals surface area contributed by atoms with Gasteiger partial charge in [0.25, 0.3) is 0 Å². The van der Waals surface area contributed by atoms with Crippen LogP contribution in [0.5, 0.6) is 0 Å². The summed E-state index contributed by atoms with van der Waals surface area (Å²) in [6, 6.07) is -10.7. The molecule has 2 fully saturated rings.